The Bertz CT molecular complexity index is 944. The van der Waals surface area contributed by atoms with Gasteiger partial charge < -0.3 is 9.32 Å². The number of hydrogen-bond donors (Lipinski definition) is 0. The molecule has 0 saturated carbocycles. The SMILES string of the molecule is O=C(CSc1nnc(-c2cccc(Cl)c2)o1)N1CCc2ccccc2C1. The predicted molar refractivity (Wildman–Crippen MR) is 101 cm³/mol. The predicted octanol–water partition coefficient (Wildman–Crippen LogP) is 4.07. The van der Waals surface area contributed by atoms with Crippen molar-refractivity contribution in [3.63, 3.8) is 0 Å². The number of carbonyl (C=O) groups is 1. The summed E-state index contributed by atoms with van der Waals surface area (Å²) in [7, 11) is 0. The molecule has 0 fully saturated rings. The van der Waals surface area contributed by atoms with Crippen LogP contribution in [0.15, 0.2) is 58.2 Å². The summed E-state index contributed by atoms with van der Waals surface area (Å²) < 4.78 is 5.63. The molecule has 0 unspecified atom stereocenters. The molecule has 1 amide bonds. The number of hydrogen-bond acceptors (Lipinski definition) is 5. The van der Waals surface area contributed by atoms with E-state index in [0.717, 1.165) is 18.5 Å². The first-order chi connectivity index (χ1) is 12.7. The largest absolute Gasteiger partial charge is 0.411 e. The summed E-state index contributed by atoms with van der Waals surface area (Å²) >= 11 is 7.24. The Morgan fingerprint density at radius 2 is 2.00 bits per heavy atom. The number of nitrogens with zero attached hydrogens (tertiary/aromatic N) is 3. The fourth-order valence-corrected chi connectivity index (χ4v) is 3.79. The number of fused-ring (bicyclic) bond motifs is 1. The van der Waals surface area contributed by atoms with Crippen molar-refractivity contribution in [1.29, 1.82) is 0 Å². The Morgan fingerprint density at radius 3 is 2.85 bits per heavy atom. The maximum Gasteiger partial charge on any atom is 0.277 e. The number of amides is 1. The molecule has 0 bridgehead atoms. The van der Waals surface area contributed by atoms with Crippen LogP contribution in [0.3, 0.4) is 0 Å². The van der Waals surface area contributed by atoms with E-state index in [1.165, 1.54) is 22.9 Å². The van der Waals surface area contributed by atoms with Crippen molar-refractivity contribution in [1.82, 2.24) is 15.1 Å². The van der Waals surface area contributed by atoms with Gasteiger partial charge in [-0.25, -0.2) is 0 Å². The van der Waals surface area contributed by atoms with E-state index in [9.17, 15) is 4.79 Å². The quantitative estimate of drug-likeness (QED) is 0.633. The fraction of sp³-hybridized carbons (Fsp3) is 0.211. The second kappa shape index (κ2) is 7.51. The number of benzene rings is 2. The molecule has 5 nitrogen and oxygen atoms in total. The Hall–Kier alpha value is -2.31. The van der Waals surface area contributed by atoms with Crippen LogP contribution >= 0.6 is 23.4 Å². The zero-order valence-electron chi connectivity index (χ0n) is 13.9. The molecule has 2 aromatic carbocycles. The van der Waals surface area contributed by atoms with Gasteiger partial charge in [0.1, 0.15) is 0 Å². The highest BCUT2D eigenvalue weighted by molar-refractivity contribution is 7.99. The molecule has 0 atom stereocenters. The highest BCUT2D eigenvalue weighted by Gasteiger charge is 2.21. The van der Waals surface area contributed by atoms with E-state index in [2.05, 4.69) is 22.3 Å². The van der Waals surface area contributed by atoms with Crippen LogP contribution in [0, 0.1) is 0 Å². The van der Waals surface area contributed by atoms with E-state index >= 15 is 0 Å². The highest BCUT2D eigenvalue weighted by Crippen LogP contribution is 2.26. The third-order valence-electron chi connectivity index (χ3n) is 4.28. The summed E-state index contributed by atoms with van der Waals surface area (Å²) in [5.74, 6) is 0.751. The van der Waals surface area contributed by atoms with Gasteiger partial charge in [0.25, 0.3) is 5.22 Å². The number of rotatable bonds is 4. The average molecular weight is 386 g/mol. The summed E-state index contributed by atoms with van der Waals surface area (Å²) in [6.07, 6.45) is 0.895. The van der Waals surface area contributed by atoms with Gasteiger partial charge in [-0.1, -0.05) is 53.7 Å². The minimum absolute atomic E-state index is 0.0759. The molecule has 0 aliphatic carbocycles. The molecular formula is C19H16ClN3O2S. The van der Waals surface area contributed by atoms with Gasteiger partial charge in [0.2, 0.25) is 11.8 Å². The smallest absolute Gasteiger partial charge is 0.277 e. The van der Waals surface area contributed by atoms with Crippen molar-refractivity contribution in [2.75, 3.05) is 12.3 Å². The lowest BCUT2D eigenvalue weighted by Gasteiger charge is -2.28. The topological polar surface area (TPSA) is 59.2 Å². The number of carbonyl (C=O) groups excluding carboxylic acids is 1. The maximum atomic E-state index is 12.5. The number of thioether (sulfide) groups is 1. The van der Waals surface area contributed by atoms with Gasteiger partial charge in [0, 0.05) is 23.7 Å². The zero-order chi connectivity index (χ0) is 17.9. The molecular weight excluding hydrogens is 370 g/mol. The van der Waals surface area contributed by atoms with Crippen molar-refractivity contribution < 1.29 is 9.21 Å². The number of halogens is 1. The third kappa shape index (κ3) is 3.76. The first-order valence-electron chi connectivity index (χ1n) is 8.26. The molecule has 0 N–H and O–H groups in total. The van der Waals surface area contributed by atoms with Crippen LogP contribution < -0.4 is 0 Å². The normalized spacial score (nSPS) is 13.5. The fourth-order valence-electron chi connectivity index (χ4n) is 2.93. The summed E-state index contributed by atoms with van der Waals surface area (Å²) in [5.41, 5.74) is 3.31. The molecule has 0 spiro atoms. The lowest BCUT2D eigenvalue weighted by Crippen LogP contribution is -2.37. The Kier molecular flexibility index (Phi) is 4.95. The van der Waals surface area contributed by atoms with E-state index in [1.807, 2.05) is 29.2 Å². The molecule has 1 aliphatic heterocycles. The molecule has 2 heterocycles. The minimum Gasteiger partial charge on any atom is -0.411 e. The van der Waals surface area contributed by atoms with Crippen molar-refractivity contribution in [2.45, 2.75) is 18.2 Å². The van der Waals surface area contributed by atoms with Crippen LogP contribution in [0.5, 0.6) is 0 Å². The molecule has 26 heavy (non-hydrogen) atoms. The molecule has 0 saturated heterocycles. The lowest BCUT2D eigenvalue weighted by molar-refractivity contribution is -0.129. The van der Waals surface area contributed by atoms with Crippen LogP contribution in [-0.4, -0.2) is 33.3 Å². The Labute approximate surface area is 160 Å². The molecule has 4 rings (SSSR count). The second-order valence-corrected chi connectivity index (χ2v) is 7.37. The van der Waals surface area contributed by atoms with E-state index in [-0.39, 0.29) is 11.7 Å². The van der Waals surface area contributed by atoms with Crippen molar-refractivity contribution in [3.8, 4) is 11.5 Å². The minimum atomic E-state index is 0.0759. The lowest BCUT2D eigenvalue weighted by atomic mass is 10.00. The van der Waals surface area contributed by atoms with Crippen molar-refractivity contribution in [2.24, 2.45) is 0 Å². The zero-order valence-corrected chi connectivity index (χ0v) is 15.5. The molecule has 1 aliphatic rings. The van der Waals surface area contributed by atoms with Gasteiger partial charge in [-0.3, -0.25) is 4.79 Å². The Morgan fingerprint density at radius 1 is 1.15 bits per heavy atom. The van der Waals surface area contributed by atoms with Gasteiger partial charge in [-0.15, -0.1) is 10.2 Å². The van der Waals surface area contributed by atoms with Crippen LogP contribution in [0.25, 0.3) is 11.5 Å². The van der Waals surface area contributed by atoms with Gasteiger partial charge in [-0.2, -0.15) is 0 Å². The summed E-state index contributed by atoms with van der Waals surface area (Å²) in [6, 6.07) is 15.5. The highest BCUT2D eigenvalue weighted by atomic mass is 35.5. The average Bonchev–Trinajstić information content (AvgIpc) is 3.15. The maximum absolute atomic E-state index is 12.5. The van der Waals surface area contributed by atoms with Crippen LogP contribution in [0.1, 0.15) is 11.1 Å². The molecule has 7 heteroatoms. The van der Waals surface area contributed by atoms with Crippen molar-refractivity contribution >= 4 is 29.3 Å². The van der Waals surface area contributed by atoms with Gasteiger partial charge in [-0.05, 0) is 35.7 Å². The van der Waals surface area contributed by atoms with E-state index < -0.39 is 0 Å². The second-order valence-electron chi connectivity index (χ2n) is 6.01. The van der Waals surface area contributed by atoms with Gasteiger partial charge >= 0.3 is 0 Å². The molecule has 1 aromatic heterocycles. The molecule has 132 valence electrons. The van der Waals surface area contributed by atoms with Crippen molar-refractivity contribution in [3.05, 3.63) is 64.7 Å². The molecule has 0 radical (unpaired) electrons. The van der Waals surface area contributed by atoms with Crippen LogP contribution in [-0.2, 0) is 17.8 Å². The van der Waals surface area contributed by atoms with Gasteiger partial charge in [0.05, 0.1) is 5.75 Å². The van der Waals surface area contributed by atoms with Gasteiger partial charge in [0.15, 0.2) is 0 Å². The van der Waals surface area contributed by atoms with E-state index in [4.69, 9.17) is 16.0 Å². The summed E-state index contributed by atoms with van der Waals surface area (Å²) in [6.45, 7) is 1.40. The Balaban J connectivity index is 1.37. The summed E-state index contributed by atoms with van der Waals surface area (Å²) in [5, 5.41) is 9.02. The standard InChI is InChI=1S/C19H16ClN3O2S/c20-16-7-3-6-14(10-16)18-21-22-19(25-18)26-12-17(24)23-9-8-13-4-1-2-5-15(13)11-23/h1-7,10H,8-9,11-12H2. The first kappa shape index (κ1) is 17.1. The molecule has 3 aromatic rings. The first-order valence-corrected chi connectivity index (χ1v) is 9.62. The van der Waals surface area contributed by atoms with Crippen LogP contribution in [0.2, 0.25) is 5.02 Å². The van der Waals surface area contributed by atoms with E-state index in [0.29, 0.717) is 22.7 Å². The van der Waals surface area contributed by atoms with E-state index in [1.54, 1.807) is 12.1 Å². The van der Waals surface area contributed by atoms with Crippen LogP contribution in [0.4, 0.5) is 0 Å². The summed E-state index contributed by atoms with van der Waals surface area (Å²) in [4.78, 5) is 14.4. The number of aromatic nitrogens is 2. The third-order valence-corrected chi connectivity index (χ3v) is 5.32. The monoisotopic (exact) mass is 385 g/mol.